The molecule has 0 unspecified atom stereocenters. The number of amides is 1. The molecule has 0 spiro atoms. The highest BCUT2D eigenvalue weighted by molar-refractivity contribution is 5.91. The summed E-state index contributed by atoms with van der Waals surface area (Å²) in [6.45, 7) is 9.82. The summed E-state index contributed by atoms with van der Waals surface area (Å²) in [7, 11) is 1.24. The van der Waals surface area contributed by atoms with Crippen molar-refractivity contribution in [2.75, 3.05) is 33.3 Å². The van der Waals surface area contributed by atoms with Gasteiger partial charge in [0.25, 0.3) is 0 Å². The van der Waals surface area contributed by atoms with Crippen LogP contribution in [-0.2, 0) is 16.0 Å². The van der Waals surface area contributed by atoms with Gasteiger partial charge in [0.05, 0.1) is 12.7 Å². The van der Waals surface area contributed by atoms with Crippen LogP contribution in [0.5, 0.6) is 0 Å². The van der Waals surface area contributed by atoms with Crippen LogP contribution in [-0.4, -0.2) is 60.8 Å². The first-order valence-electron chi connectivity index (χ1n) is 8.69. The van der Waals surface area contributed by atoms with Crippen molar-refractivity contribution in [3.63, 3.8) is 0 Å². The van der Waals surface area contributed by atoms with Gasteiger partial charge in [0, 0.05) is 38.3 Å². The first-order chi connectivity index (χ1) is 12.1. The monoisotopic (exact) mass is 366 g/mol. The van der Waals surface area contributed by atoms with Gasteiger partial charge in [-0.2, -0.15) is 0 Å². The standard InChI is InChI=1S/C19H27FN2O4/c1-13-6-7-14(16(20)15(13)17(23)25-5)12-21-8-10-22(11-9-21)18(24)26-19(2,3)4/h6-7H,8-12H2,1-5H3. The Labute approximate surface area is 153 Å². The van der Waals surface area contributed by atoms with E-state index >= 15 is 0 Å². The van der Waals surface area contributed by atoms with Crippen molar-refractivity contribution in [3.05, 3.63) is 34.6 Å². The van der Waals surface area contributed by atoms with Gasteiger partial charge in [0.1, 0.15) is 11.4 Å². The Morgan fingerprint density at radius 2 is 1.77 bits per heavy atom. The van der Waals surface area contributed by atoms with E-state index in [9.17, 15) is 14.0 Å². The molecule has 0 saturated carbocycles. The molecule has 1 fully saturated rings. The Morgan fingerprint density at radius 1 is 1.15 bits per heavy atom. The maximum Gasteiger partial charge on any atom is 0.410 e. The van der Waals surface area contributed by atoms with Crippen molar-refractivity contribution in [1.82, 2.24) is 9.80 Å². The van der Waals surface area contributed by atoms with Crippen LogP contribution in [0, 0.1) is 12.7 Å². The molecule has 1 saturated heterocycles. The molecule has 1 aliphatic rings. The van der Waals surface area contributed by atoms with Crippen molar-refractivity contribution in [1.29, 1.82) is 0 Å². The quantitative estimate of drug-likeness (QED) is 0.770. The lowest BCUT2D eigenvalue weighted by atomic mass is 10.0. The van der Waals surface area contributed by atoms with E-state index in [0.29, 0.717) is 43.9 Å². The van der Waals surface area contributed by atoms with Crippen molar-refractivity contribution < 1.29 is 23.5 Å². The summed E-state index contributed by atoms with van der Waals surface area (Å²) in [5, 5.41) is 0. The molecule has 0 aromatic heterocycles. The maximum absolute atomic E-state index is 14.7. The maximum atomic E-state index is 14.7. The molecule has 0 atom stereocenters. The van der Waals surface area contributed by atoms with Crippen molar-refractivity contribution in [2.45, 2.75) is 39.8 Å². The Balaban J connectivity index is 2.00. The SMILES string of the molecule is COC(=O)c1c(C)ccc(CN2CCN(C(=O)OC(C)(C)C)CC2)c1F. The smallest absolute Gasteiger partial charge is 0.410 e. The lowest BCUT2D eigenvalue weighted by Gasteiger charge is -2.35. The van der Waals surface area contributed by atoms with E-state index in [-0.39, 0.29) is 11.7 Å². The molecule has 0 radical (unpaired) electrons. The van der Waals surface area contributed by atoms with E-state index in [1.54, 1.807) is 24.0 Å². The molecule has 2 rings (SSSR count). The molecule has 1 aromatic carbocycles. The zero-order valence-electron chi connectivity index (χ0n) is 16.1. The van der Waals surface area contributed by atoms with Gasteiger partial charge in [0.15, 0.2) is 0 Å². The number of aryl methyl sites for hydroxylation is 1. The number of halogens is 1. The second kappa shape index (κ2) is 8.03. The predicted molar refractivity (Wildman–Crippen MR) is 95.6 cm³/mol. The molecule has 1 aliphatic heterocycles. The summed E-state index contributed by atoms with van der Waals surface area (Å²) >= 11 is 0. The van der Waals surface area contributed by atoms with Gasteiger partial charge in [-0.1, -0.05) is 12.1 Å². The minimum absolute atomic E-state index is 0.0163. The van der Waals surface area contributed by atoms with Gasteiger partial charge in [0.2, 0.25) is 0 Å². The second-order valence-corrected chi connectivity index (χ2v) is 7.47. The summed E-state index contributed by atoms with van der Waals surface area (Å²) in [6.07, 6.45) is -0.327. The van der Waals surface area contributed by atoms with Crippen LogP contribution in [0.3, 0.4) is 0 Å². The Bertz CT molecular complexity index is 677. The third-order valence-corrected chi connectivity index (χ3v) is 4.24. The van der Waals surface area contributed by atoms with Gasteiger partial charge in [-0.3, -0.25) is 4.90 Å². The molecule has 1 aromatic rings. The molecular weight excluding hydrogens is 339 g/mol. The largest absolute Gasteiger partial charge is 0.465 e. The lowest BCUT2D eigenvalue weighted by molar-refractivity contribution is 0.0137. The fourth-order valence-corrected chi connectivity index (χ4v) is 2.85. The van der Waals surface area contributed by atoms with Gasteiger partial charge in [-0.25, -0.2) is 14.0 Å². The number of rotatable bonds is 3. The van der Waals surface area contributed by atoms with Crippen LogP contribution in [0.25, 0.3) is 0 Å². The van der Waals surface area contributed by atoms with Crippen LogP contribution >= 0.6 is 0 Å². The molecule has 1 heterocycles. The van der Waals surface area contributed by atoms with Crippen LogP contribution in [0.2, 0.25) is 0 Å². The Kier molecular flexibility index (Phi) is 6.23. The summed E-state index contributed by atoms with van der Waals surface area (Å²) in [5.41, 5.74) is 0.454. The molecule has 7 heteroatoms. The predicted octanol–water partition coefficient (Wildman–Crippen LogP) is 2.97. The minimum atomic E-state index is -0.670. The number of hydrogen-bond donors (Lipinski definition) is 0. The fourth-order valence-electron chi connectivity index (χ4n) is 2.85. The van der Waals surface area contributed by atoms with E-state index in [1.807, 2.05) is 20.8 Å². The second-order valence-electron chi connectivity index (χ2n) is 7.47. The van der Waals surface area contributed by atoms with Crippen molar-refractivity contribution in [3.8, 4) is 0 Å². The van der Waals surface area contributed by atoms with E-state index < -0.39 is 17.4 Å². The molecule has 144 valence electrons. The molecule has 0 bridgehead atoms. The normalized spacial score (nSPS) is 15.7. The molecular formula is C19H27FN2O4. The van der Waals surface area contributed by atoms with Gasteiger partial charge in [-0.05, 0) is 33.3 Å². The van der Waals surface area contributed by atoms with Crippen LogP contribution in [0.15, 0.2) is 12.1 Å². The zero-order chi connectivity index (χ0) is 19.5. The Morgan fingerprint density at radius 3 is 2.31 bits per heavy atom. The molecule has 0 N–H and O–H groups in total. The number of benzene rings is 1. The molecule has 1 amide bonds. The van der Waals surface area contributed by atoms with Crippen LogP contribution in [0.4, 0.5) is 9.18 Å². The topological polar surface area (TPSA) is 59.1 Å². The highest BCUT2D eigenvalue weighted by Gasteiger charge is 2.27. The summed E-state index contributed by atoms with van der Waals surface area (Å²) in [4.78, 5) is 27.6. The van der Waals surface area contributed by atoms with E-state index in [4.69, 9.17) is 4.74 Å². The third kappa shape index (κ3) is 4.94. The average molecular weight is 366 g/mol. The number of ether oxygens (including phenoxy) is 2. The van der Waals surface area contributed by atoms with Crippen LogP contribution in [0.1, 0.15) is 42.3 Å². The average Bonchev–Trinajstić information content (AvgIpc) is 2.56. The first kappa shape index (κ1) is 20.2. The third-order valence-electron chi connectivity index (χ3n) is 4.24. The summed E-state index contributed by atoms with van der Waals surface area (Å²) < 4.78 is 24.8. The number of methoxy groups -OCH3 is 1. The summed E-state index contributed by atoms with van der Waals surface area (Å²) in [6, 6.07) is 3.42. The minimum Gasteiger partial charge on any atom is -0.465 e. The number of esters is 1. The number of carbonyl (C=O) groups excluding carboxylic acids is 2. The zero-order valence-corrected chi connectivity index (χ0v) is 16.1. The van der Waals surface area contributed by atoms with Crippen molar-refractivity contribution in [2.24, 2.45) is 0 Å². The van der Waals surface area contributed by atoms with E-state index in [0.717, 1.165) is 0 Å². The number of hydrogen-bond acceptors (Lipinski definition) is 5. The summed E-state index contributed by atoms with van der Waals surface area (Å²) in [5.74, 6) is -1.21. The van der Waals surface area contributed by atoms with E-state index in [1.165, 1.54) is 7.11 Å². The highest BCUT2D eigenvalue weighted by Crippen LogP contribution is 2.21. The van der Waals surface area contributed by atoms with Crippen molar-refractivity contribution >= 4 is 12.1 Å². The van der Waals surface area contributed by atoms with E-state index in [2.05, 4.69) is 9.64 Å². The fraction of sp³-hybridized carbons (Fsp3) is 0.579. The van der Waals surface area contributed by atoms with Gasteiger partial charge >= 0.3 is 12.1 Å². The Hall–Kier alpha value is -2.15. The number of nitrogens with zero attached hydrogens (tertiary/aromatic N) is 2. The number of piperazine rings is 1. The molecule has 26 heavy (non-hydrogen) atoms. The highest BCUT2D eigenvalue weighted by atomic mass is 19.1. The van der Waals surface area contributed by atoms with Gasteiger partial charge in [-0.15, -0.1) is 0 Å². The number of carbonyl (C=O) groups is 2. The molecule has 0 aliphatic carbocycles. The molecule has 6 nitrogen and oxygen atoms in total. The lowest BCUT2D eigenvalue weighted by Crippen LogP contribution is -2.49. The first-order valence-corrected chi connectivity index (χ1v) is 8.69. The van der Waals surface area contributed by atoms with Gasteiger partial charge < -0.3 is 14.4 Å². The van der Waals surface area contributed by atoms with Crippen LogP contribution < -0.4 is 0 Å².